The molecule has 1 aliphatic heterocycles. The van der Waals surface area contributed by atoms with Gasteiger partial charge in [-0.2, -0.15) is 0 Å². The number of rotatable bonds is 5. The number of aryl methyl sites for hydroxylation is 1. The summed E-state index contributed by atoms with van der Waals surface area (Å²) in [5, 5.41) is 0. The van der Waals surface area contributed by atoms with E-state index in [1.807, 2.05) is 47.9 Å². The minimum absolute atomic E-state index is 0.0522. The van der Waals surface area contributed by atoms with Gasteiger partial charge in [-0.25, -0.2) is 0 Å². The first-order chi connectivity index (χ1) is 11.0. The zero-order valence-corrected chi connectivity index (χ0v) is 14.1. The molecule has 23 heavy (non-hydrogen) atoms. The van der Waals surface area contributed by atoms with E-state index in [0.29, 0.717) is 45.4 Å². The van der Waals surface area contributed by atoms with Crippen LogP contribution in [-0.4, -0.2) is 53.8 Å². The number of benzene rings is 1. The normalized spacial score (nSPS) is 16.3. The molecule has 1 heterocycles. The number of carbonyl (C=O) groups is 2. The summed E-state index contributed by atoms with van der Waals surface area (Å²) in [5.74, 6) is 0.282. The van der Waals surface area contributed by atoms with E-state index in [9.17, 15) is 9.59 Å². The summed E-state index contributed by atoms with van der Waals surface area (Å²) in [6.07, 6.45) is 1.64. The molecule has 0 aliphatic carbocycles. The Hall–Kier alpha value is -1.88. The number of carbonyl (C=O) groups excluding carboxylic acids is 2. The highest BCUT2D eigenvalue weighted by molar-refractivity contribution is 5.80. The summed E-state index contributed by atoms with van der Waals surface area (Å²) in [6, 6.07) is 8.11. The minimum atomic E-state index is 0.0522. The Morgan fingerprint density at radius 2 is 1.57 bits per heavy atom. The molecule has 0 saturated carbocycles. The zero-order chi connectivity index (χ0) is 16.8. The maximum absolute atomic E-state index is 12.3. The van der Waals surface area contributed by atoms with Crippen molar-refractivity contribution in [2.75, 3.05) is 26.2 Å². The van der Waals surface area contributed by atoms with Gasteiger partial charge in [-0.1, -0.05) is 29.8 Å². The van der Waals surface area contributed by atoms with Crippen LogP contribution in [-0.2, 0) is 16.0 Å². The first kappa shape index (κ1) is 17.5. The number of nitrogens with two attached hydrogens (primary N) is 1. The average molecular weight is 317 g/mol. The lowest BCUT2D eigenvalue weighted by Gasteiger charge is -2.35. The molecule has 0 radical (unpaired) electrons. The Labute approximate surface area is 138 Å². The van der Waals surface area contributed by atoms with E-state index in [1.165, 1.54) is 5.56 Å². The summed E-state index contributed by atoms with van der Waals surface area (Å²) < 4.78 is 0. The molecule has 0 aromatic heterocycles. The summed E-state index contributed by atoms with van der Waals surface area (Å²) in [6.45, 7) is 6.43. The van der Waals surface area contributed by atoms with Crippen molar-refractivity contribution in [1.29, 1.82) is 0 Å². The predicted octanol–water partition coefficient (Wildman–Crippen LogP) is 1.34. The molecule has 0 spiro atoms. The second-order valence-corrected chi connectivity index (χ2v) is 6.44. The van der Waals surface area contributed by atoms with Gasteiger partial charge in [-0.15, -0.1) is 0 Å². The third kappa shape index (κ3) is 5.36. The quantitative estimate of drug-likeness (QED) is 0.891. The van der Waals surface area contributed by atoms with Crippen molar-refractivity contribution in [2.45, 2.75) is 39.2 Å². The smallest absolute Gasteiger partial charge is 0.227 e. The minimum Gasteiger partial charge on any atom is -0.339 e. The summed E-state index contributed by atoms with van der Waals surface area (Å²) in [7, 11) is 0. The maximum Gasteiger partial charge on any atom is 0.227 e. The molecule has 2 amide bonds. The molecule has 5 heteroatoms. The van der Waals surface area contributed by atoms with E-state index in [4.69, 9.17) is 5.73 Å². The highest BCUT2D eigenvalue weighted by Crippen LogP contribution is 2.10. The van der Waals surface area contributed by atoms with Gasteiger partial charge >= 0.3 is 0 Å². The summed E-state index contributed by atoms with van der Waals surface area (Å²) in [5.41, 5.74) is 7.92. The third-order valence-electron chi connectivity index (χ3n) is 4.27. The van der Waals surface area contributed by atoms with E-state index in [-0.39, 0.29) is 17.9 Å². The molecule has 1 fully saturated rings. The standard InChI is InChI=1S/C18H27N3O2/c1-14-3-6-16(7-4-14)13-18(23)21-11-9-20(10-12-21)17(22)8-5-15(2)19/h3-4,6-7,15H,5,8-13,19H2,1-2H3. The van der Waals surface area contributed by atoms with Gasteiger partial charge in [0.2, 0.25) is 11.8 Å². The Balaban J connectivity index is 1.78. The molecule has 1 saturated heterocycles. The lowest BCUT2D eigenvalue weighted by molar-refractivity contribution is -0.139. The van der Waals surface area contributed by atoms with E-state index in [1.54, 1.807) is 0 Å². The van der Waals surface area contributed by atoms with Crippen LogP contribution in [0.5, 0.6) is 0 Å². The van der Waals surface area contributed by atoms with Crippen LogP contribution in [0, 0.1) is 6.92 Å². The Morgan fingerprint density at radius 3 is 2.09 bits per heavy atom. The van der Waals surface area contributed by atoms with E-state index in [0.717, 1.165) is 5.56 Å². The second-order valence-electron chi connectivity index (χ2n) is 6.44. The van der Waals surface area contributed by atoms with Gasteiger partial charge in [0.15, 0.2) is 0 Å². The van der Waals surface area contributed by atoms with E-state index < -0.39 is 0 Å². The molecular weight excluding hydrogens is 290 g/mol. The molecule has 1 atom stereocenters. The molecule has 0 bridgehead atoms. The third-order valence-corrected chi connectivity index (χ3v) is 4.27. The van der Waals surface area contributed by atoms with Gasteiger partial charge in [0.1, 0.15) is 0 Å². The fraction of sp³-hybridized carbons (Fsp3) is 0.556. The second kappa shape index (κ2) is 8.11. The fourth-order valence-electron chi connectivity index (χ4n) is 2.71. The molecule has 1 aromatic carbocycles. The van der Waals surface area contributed by atoms with Crippen LogP contribution < -0.4 is 5.73 Å². The number of hydrogen-bond donors (Lipinski definition) is 1. The zero-order valence-electron chi connectivity index (χ0n) is 14.1. The van der Waals surface area contributed by atoms with Gasteiger partial charge in [0, 0.05) is 38.6 Å². The van der Waals surface area contributed by atoms with Gasteiger partial charge < -0.3 is 15.5 Å². The Kier molecular flexibility index (Phi) is 6.16. The van der Waals surface area contributed by atoms with Crippen molar-refractivity contribution in [1.82, 2.24) is 9.80 Å². The van der Waals surface area contributed by atoms with Gasteiger partial charge in [-0.3, -0.25) is 9.59 Å². The number of hydrogen-bond acceptors (Lipinski definition) is 3. The fourth-order valence-corrected chi connectivity index (χ4v) is 2.71. The van der Waals surface area contributed by atoms with Crippen LogP contribution in [0.25, 0.3) is 0 Å². The Morgan fingerprint density at radius 1 is 1.04 bits per heavy atom. The van der Waals surface area contributed by atoms with Crippen LogP contribution in [0.1, 0.15) is 30.9 Å². The number of nitrogens with zero attached hydrogens (tertiary/aromatic N) is 2. The van der Waals surface area contributed by atoms with E-state index >= 15 is 0 Å². The van der Waals surface area contributed by atoms with Crippen LogP contribution in [0.15, 0.2) is 24.3 Å². The highest BCUT2D eigenvalue weighted by Gasteiger charge is 2.23. The van der Waals surface area contributed by atoms with Crippen LogP contribution in [0.3, 0.4) is 0 Å². The van der Waals surface area contributed by atoms with Gasteiger partial charge in [0.05, 0.1) is 6.42 Å². The number of amides is 2. The molecule has 126 valence electrons. The average Bonchev–Trinajstić information content (AvgIpc) is 2.55. The number of piperazine rings is 1. The van der Waals surface area contributed by atoms with Crippen molar-refractivity contribution in [3.8, 4) is 0 Å². The van der Waals surface area contributed by atoms with Crippen molar-refractivity contribution >= 4 is 11.8 Å². The maximum atomic E-state index is 12.3. The predicted molar refractivity (Wildman–Crippen MR) is 90.9 cm³/mol. The molecule has 1 unspecified atom stereocenters. The SMILES string of the molecule is Cc1ccc(CC(=O)N2CCN(C(=O)CCC(C)N)CC2)cc1. The van der Waals surface area contributed by atoms with Gasteiger partial charge in [0.25, 0.3) is 0 Å². The van der Waals surface area contributed by atoms with Crippen LogP contribution in [0.4, 0.5) is 0 Å². The van der Waals surface area contributed by atoms with Crippen LogP contribution in [0.2, 0.25) is 0 Å². The van der Waals surface area contributed by atoms with Crippen molar-refractivity contribution in [2.24, 2.45) is 5.73 Å². The lowest BCUT2D eigenvalue weighted by Crippen LogP contribution is -2.51. The first-order valence-corrected chi connectivity index (χ1v) is 8.32. The highest BCUT2D eigenvalue weighted by atomic mass is 16.2. The summed E-state index contributed by atoms with van der Waals surface area (Å²) >= 11 is 0. The molecule has 5 nitrogen and oxygen atoms in total. The topological polar surface area (TPSA) is 66.6 Å². The Bertz CT molecular complexity index is 532. The molecule has 1 aliphatic rings. The molecular formula is C18H27N3O2. The molecule has 2 rings (SSSR count). The lowest BCUT2D eigenvalue weighted by atomic mass is 10.1. The molecule has 2 N–H and O–H groups in total. The first-order valence-electron chi connectivity index (χ1n) is 8.32. The van der Waals surface area contributed by atoms with Crippen molar-refractivity contribution < 1.29 is 9.59 Å². The molecule has 1 aromatic rings. The summed E-state index contributed by atoms with van der Waals surface area (Å²) in [4.78, 5) is 28.1. The van der Waals surface area contributed by atoms with Crippen LogP contribution >= 0.6 is 0 Å². The largest absolute Gasteiger partial charge is 0.339 e. The van der Waals surface area contributed by atoms with Crippen molar-refractivity contribution in [3.63, 3.8) is 0 Å². The van der Waals surface area contributed by atoms with E-state index in [2.05, 4.69) is 0 Å². The van der Waals surface area contributed by atoms with Gasteiger partial charge in [-0.05, 0) is 25.8 Å². The monoisotopic (exact) mass is 317 g/mol. The van der Waals surface area contributed by atoms with Crippen molar-refractivity contribution in [3.05, 3.63) is 35.4 Å².